The van der Waals surface area contributed by atoms with E-state index >= 15 is 0 Å². The molecule has 3 rings (SSSR count). The first kappa shape index (κ1) is 19.9. The third-order valence-corrected chi connectivity index (χ3v) is 5.46. The summed E-state index contributed by atoms with van der Waals surface area (Å²) in [5.74, 6) is -0.0991. The van der Waals surface area contributed by atoms with E-state index in [9.17, 15) is 14.4 Å². The van der Waals surface area contributed by atoms with Crippen LogP contribution in [-0.2, 0) is 19.1 Å². The maximum atomic E-state index is 12.4. The normalized spacial score (nSPS) is 16.1. The van der Waals surface area contributed by atoms with Crippen LogP contribution in [0, 0.1) is 0 Å². The van der Waals surface area contributed by atoms with E-state index in [1.165, 1.54) is 0 Å². The second-order valence-corrected chi connectivity index (χ2v) is 7.31. The molecule has 1 aliphatic rings. The van der Waals surface area contributed by atoms with E-state index in [-0.39, 0.29) is 36.0 Å². The van der Waals surface area contributed by atoms with E-state index < -0.39 is 0 Å². The number of ether oxygens (including phenoxy) is 1. The van der Waals surface area contributed by atoms with Crippen molar-refractivity contribution in [3.05, 3.63) is 60.2 Å². The highest BCUT2D eigenvalue weighted by molar-refractivity contribution is 8.00. The van der Waals surface area contributed by atoms with Crippen LogP contribution in [0.25, 0.3) is 0 Å². The Bertz CT molecular complexity index is 839. The molecule has 0 aromatic heterocycles. The monoisotopic (exact) mass is 398 g/mol. The molecular weight excluding hydrogens is 376 g/mol. The minimum atomic E-state index is -0.378. The van der Waals surface area contributed by atoms with Crippen LogP contribution in [0.5, 0.6) is 0 Å². The number of thioether (sulfide) groups is 1. The van der Waals surface area contributed by atoms with Gasteiger partial charge in [-0.3, -0.25) is 19.3 Å². The predicted molar refractivity (Wildman–Crippen MR) is 110 cm³/mol. The van der Waals surface area contributed by atoms with E-state index in [1.54, 1.807) is 23.6 Å². The van der Waals surface area contributed by atoms with Gasteiger partial charge in [0.05, 0.1) is 18.8 Å². The zero-order chi connectivity index (χ0) is 19.9. The smallest absolute Gasteiger partial charge is 0.306 e. The molecule has 0 spiro atoms. The van der Waals surface area contributed by atoms with E-state index in [4.69, 9.17) is 4.74 Å². The van der Waals surface area contributed by atoms with E-state index in [2.05, 4.69) is 5.32 Å². The highest BCUT2D eigenvalue weighted by Gasteiger charge is 2.33. The van der Waals surface area contributed by atoms with Gasteiger partial charge in [0.15, 0.2) is 0 Å². The van der Waals surface area contributed by atoms with Crippen LogP contribution in [0.15, 0.2) is 54.6 Å². The molecule has 0 aliphatic carbocycles. The molecule has 6 nitrogen and oxygen atoms in total. The number of nitrogens with zero attached hydrogens (tertiary/aromatic N) is 1. The summed E-state index contributed by atoms with van der Waals surface area (Å²) in [6.45, 7) is 2.04. The summed E-state index contributed by atoms with van der Waals surface area (Å²) >= 11 is 1.58. The van der Waals surface area contributed by atoms with Gasteiger partial charge in [-0.05, 0) is 36.8 Å². The number of anilines is 2. The molecule has 7 heteroatoms. The summed E-state index contributed by atoms with van der Waals surface area (Å²) in [6, 6.07) is 17.0. The van der Waals surface area contributed by atoms with Gasteiger partial charge in [-0.15, -0.1) is 11.8 Å². The van der Waals surface area contributed by atoms with Gasteiger partial charge in [0, 0.05) is 17.8 Å². The number of para-hydroxylation sites is 1. The SMILES string of the molecule is CCOC(=O)CCC(=O)Nc1ccc([C@H]2SCC(=O)N2c2ccccc2)cc1. The van der Waals surface area contributed by atoms with E-state index in [0.29, 0.717) is 18.0 Å². The van der Waals surface area contributed by atoms with Crippen molar-refractivity contribution in [1.29, 1.82) is 0 Å². The van der Waals surface area contributed by atoms with E-state index in [1.807, 2.05) is 54.6 Å². The van der Waals surface area contributed by atoms with Gasteiger partial charge in [-0.25, -0.2) is 0 Å². The largest absolute Gasteiger partial charge is 0.466 e. The topological polar surface area (TPSA) is 75.7 Å². The third-order valence-electron chi connectivity index (χ3n) is 4.24. The first-order chi connectivity index (χ1) is 13.6. The van der Waals surface area contributed by atoms with Crippen molar-refractivity contribution in [2.75, 3.05) is 22.6 Å². The molecule has 28 heavy (non-hydrogen) atoms. The maximum Gasteiger partial charge on any atom is 0.306 e. The van der Waals surface area contributed by atoms with Gasteiger partial charge >= 0.3 is 5.97 Å². The minimum absolute atomic E-state index is 0.0601. The second-order valence-electron chi connectivity index (χ2n) is 6.24. The molecule has 0 saturated carbocycles. The Morgan fingerprint density at radius 2 is 1.82 bits per heavy atom. The molecule has 0 unspecified atom stereocenters. The number of hydrogen-bond acceptors (Lipinski definition) is 5. The van der Waals surface area contributed by atoms with Crippen LogP contribution in [0.1, 0.15) is 30.7 Å². The first-order valence-corrected chi connectivity index (χ1v) is 10.2. The molecule has 0 bridgehead atoms. The Labute approximate surface area is 168 Å². The zero-order valence-corrected chi connectivity index (χ0v) is 16.4. The molecule has 2 aromatic rings. The molecule has 1 heterocycles. The Kier molecular flexibility index (Phi) is 6.71. The van der Waals surface area contributed by atoms with Crippen molar-refractivity contribution in [3.63, 3.8) is 0 Å². The number of rotatable bonds is 7. The molecule has 146 valence electrons. The number of carbonyl (C=O) groups is 3. The van der Waals surface area contributed by atoms with E-state index in [0.717, 1.165) is 11.3 Å². The predicted octanol–water partition coefficient (Wildman–Crippen LogP) is 3.75. The van der Waals surface area contributed by atoms with Crippen LogP contribution in [0.4, 0.5) is 11.4 Å². The zero-order valence-electron chi connectivity index (χ0n) is 15.6. The van der Waals surface area contributed by atoms with Gasteiger partial charge < -0.3 is 10.1 Å². The lowest BCUT2D eigenvalue weighted by molar-refractivity contribution is -0.144. The maximum absolute atomic E-state index is 12.4. The number of amides is 2. The number of hydrogen-bond donors (Lipinski definition) is 1. The summed E-state index contributed by atoms with van der Waals surface area (Å²) in [4.78, 5) is 37.5. The van der Waals surface area contributed by atoms with Crippen LogP contribution >= 0.6 is 11.8 Å². The van der Waals surface area contributed by atoms with Gasteiger partial charge in [0.2, 0.25) is 11.8 Å². The molecule has 1 fully saturated rings. The van der Waals surface area contributed by atoms with Gasteiger partial charge in [-0.2, -0.15) is 0 Å². The second kappa shape index (κ2) is 9.41. The third kappa shape index (κ3) is 4.92. The molecule has 2 amide bonds. The molecule has 1 atom stereocenters. The Morgan fingerprint density at radius 1 is 1.11 bits per heavy atom. The van der Waals surface area contributed by atoms with Crippen molar-refractivity contribution in [1.82, 2.24) is 0 Å². The average Bonchev–Trinajstić information content (AvgIpc) is 3.09. The first-order valence-electron chi connectivity index (χ1n) is 9.12. The van der Waals surface area contributed by atoms with Crippen molar-refractivity contribution in [3.8, 4) is 0 Å². The van der Waals surface area contributed by atoms with Crippen molar-refractivity contribution in [2.24, 2.45) is 0 Å². The minimum Gasteiger partial charge on any atom is -0.466 e. The lowest BCUT2D eigenvalue weighted by Crippen LogP contribution is -2.27. The molecule has 1 aliphatic heterocycles. The Balaban J connectivity index is 1.63. The molecule has 1 saturated heterocycles. The molecule has 2 aromatic carbocycles. The van der Waals surface area contributed by atoms with Gasteiger partial charge in [0.25, 0.3) is 0 Å². The number of nitrogens with one attached hydrogen (secondary N) is 1. The Morgan fingerprint density at radius 3 is 2.50 bits per heavy atom. The van der Waals surface area contributed by atoms with Crippen molar-refractivity contribution >= 4 is 40.9 Å². The van der Waals surface area contributed by atoms with Gasteiger partial charge in [-0.1, -0.05) is 30.3 Å². The number of esters is 1. The standard InChI is InChI=1S/C21H22N2O4S/c1-2-27-20(26)13-12-18(24)22-16-10-8-15(9-11-16)21-23(19(25)14-28-21)17-6-4-3-5-7-17/h3-11,21H,2,12-14H2,1H3,(H,22,24)/t21-/m1/s1. The fraction of sp³-hybridized carbons (Fsp3) is 0.286. The Hall–Kier alpha value is -2.80. The van der Waals surface area contributed by atoms with Crippen LogP contribution in [0.2, 0.25) is 0 Å². The summed E-state index contributed by atoms with van der Waals surface area (Å²) in [6.07, 6.45) is 0.139. The molecule has 1 N–H and O–H groups in total. The summed E-state index contributed by atoms with van der Waals surface area (Å²) < 4.78 is 4.82. The summed E-state index contributed by atoms with van der Waals surface area (Å²) in [7, 11) is 0. The lowest BCUT2D eigenvalue weighted by atomic mass is 10.1. The van der Waals surface area contributed by atoms with Crippen molar-refractivity contribution in [2.45, 2.75) is 25.1 Å². The summed E-state index contributed by atoms with van der Waals surface area (Å²) in [5, 5.41) is 2.68. The van der Waals surface area contributed by atoms with Crippen LogP contribution in [0.3, 0.4) is 0 Å². The lowest BCUT2D eigenvalue weighted by Gasteiger charge is -2.24. The van der Waals surface area contributed by atoms with Gasteiger partial charge in [0.1, 0.15) is 5.37 Å². The van der Waals surface area contributed by atoms with Crippen LogP contribution < -0.4 is 10.2 Å². The van der Waals surface area contributed by atoms with Crippen molar-refractivity contribution < 1.29 is 19.1 Å². The number of carbonyl (C=O) groups excluding carboxylic acids is 3. The highest BCUT2D eigenvalue weighted by Crippen LogP contribution is 2.41. The number of benzene rings is 2. The van der Waals surface area contributed by atoms with Crippen LogP contribution in [-0.4, -0.2) is 30.1 Å². The quantitative estimate of drug-likeness (QED) is 0.719. The fourth-order valence-corrected chi connectivity index (χ4v) is 4.12. The highest BCUT2D eigenvalue weighted by atomic mass is 32.2. The summed E-state index contributed by atoms with van der Waals surface area (Å²) in [5.41, 5.74) is 2.52. The molecule has 0 radical (unpaired) electrons. The molecular formula is C21H22N2O4S. The average molecular weight is 398 g/mol. The fourth-order valence-electron chi connectivity index (χ4n) is 2.94.